The van der Waals surface area contributed by atoms with E-state index in [1.807, 2.05) is 0 Å². The van der Waals surface area contributed by atoms with Gasteiger partial charge >= 0.3 is 6.03 Å². The molecule has 0 radical (unpaired) electrons. The van der Waals surface area contributed by atoms with Crippen LogP contribution < -0.4 is 15.5 Å². The Bertz CT molecular complexity index is 549. The number of aliphatic hydroxyl groups excluding tert-OH is 1. The Balaban J connectivity index is 1.47. The van der Waals surface area contributed by atoms with Gasteiger partial charge in [-0.2, -0.15) is 0 Å². The number of carbonyl (C=O) groups is 1. The van der Waals surface area contributed by atoms with E-state index in [9.17, 15) is 9.90 Å². The highest BCUT2D eigenvalue weighted by molar-refractivity contribution is 5.74. The van der Waals surface area contributed by atoms with Gasteiger partial charge in [-0.25, -0.2) is 4.79 Å². The van der Waals surface area contributed by atoms with Crippen LogP contribution in [0.4, 0.5) is 10.5 Å². The molecule has 5 heteroatoms. The fraction of sp³-hybridized carbons (Fsp3) is 0.611. The first kappa shape index (κ1) is 16.1. The van der Waals surface area contributed by atoms with Gasteiger partial charge in [-0.15, -0.1) is 0 Å². The summed E-state index contributed by atoms with van der Waals surface area (Å²) < 4.78 is 0. The maximum absolute atomic E-state index is 12.1. The molecule has 1 heterocycles. The average Bonchev–Trinajstić information content (AvgIpc) is 2.99. The number of urea groups is 1. The zero-order chi connectivity index (χ0) is 16.2. The predicted molar refractivity (Wildman–Crippen MR) is 91.8 cm³/mol. The van der Waals surface area contributed by atoms with Gasteiger partial charge in [0.05, 0.1) is 12.1 Å². The summed E-state index contributed by atoms with van der Waals surface area (Å²) in [5, 5.41) is 15.8. The van der Waals surface area contributed by atoms with E-state index in [0.717, 1.165) is 38.6 Å². The molecule has 0 bridgehead atoms. The Hall–Kier alpha value is -1.75. The molecule has 126 valence electrons. The molecule has 2 amide bonds. The van der Waals surface area contributed by atoms with Gasteiger partial charge < -0.3 is 20.6 Å². The maximum Gasteiger partial charge on any atom is 0.315 e. The SMILES string of the molecule is CC(CNC(=O)NC1CCCCC1O)N1CCc2ccccc21. The van der Waals surface area contributed by atoms with E-state index in [2.05, 4.69) is 46.7 Å². The molecule has 3 N–H and O–H groups in total. The molecule has 1 saturated carbocycles. The topological polar surface area (TPSA) is 64.6 Å². The van der Waals surface area contributed by atoms with Gasteiger partial charge in [0.15, 0.2) is 0 Å². The maximum atomic E-state index is 12.1. The molecule has 0 aromatic heterocycles. The van der Waals surface area contributed by atoms with E-state index in [1.54, 1.807) is 0 Å². The minimum absolute atomic E-state index is 0.105. The van der Waals surface area contributed by atoms with Crippen molar-refractivity contribution in [1.82, 2.24) is 10.6 Å². The number of hydrogen-bond donors (Lipinski definition) is 3. The molecule has 1 fully saturated rings. The largest absolute Gasteiger partial charge is 0.391 e. The molecule has 3 unspecified atom stereocenters. The van der Waals surface area contributed by atoms with Crippen molar-refractivity contribution in [1.29, 1.82) is 0 Å². The number of aliphatic hydroxyl groups is 1. The van der Waals surface area contributed by atoms with Gasteiger partial charge in [0.2, 0.25) is 0 Å². The molecule has 23 heavy (non-hydrogen) atoms. The van der Waals surface area contributed by atoms with E-state index in [4.69, 9.17) is 0 Å². The number of hydrogen-bond acceptors (Lipinski definition) is 3. The van der Waals surface area contributed by atoms with Crippen molar-refractivity contribution < 1.29 is 9.90 Å². The highest BCUT2D eigenvalue weighted by Gasteiger charge is 2.26. The first-order valence-corrected chi connectivity index (χ1v) is 8.72. The number of benzene rings is 1. The van der Waals surface area contributed by atoms with Crippen molar-refractivity contribution in [3.63, 3.8) is 0 Å². The Kier molecular flexibility index (Phi) is 5.06. The molecular formula is C18H27N3O2. The number of para-hydroxylation sites is 1. The second-order valence-electron chi connectivity index (χ2n) is 6.73. The first-order chi connectivity index (χ1) is 11.1. The molecule has 5 nitrogen and oxygen atoms in total. The van der Waals surface area contributed by atoms with Gasteiger partial charge in [0.25, 0.3) is 0 Å². The molecule has 2 aliphatic rings. The number of nitrogens with zero attached hydrogens (tertiary/aromatic N) is 1. The summed E-state index contributed by atoms with van der Waals surface area (Å²) >= 11 is 0. The second-order valence-corrected chi connectivity index (χ2v) is 6.73. The summed E-state index contributed by atoms with van der Waals surface area (Å²) in [6, 6.07) is 8.44. The zero-order valence-corrected chi connectivity index (χ0v) is 13.8. The average molecular weight is 317 g/mol. The van der Waals surface area contributed by atoms with Crippen LogP contribution in [0.3, 0.4) is 0 Å². The molecule has 1 aromatic rings. The predicted octanol–water partition coefficient (Wildman–Crippen LogP) is 2.04. The van der Waals surface area contributed by atoms with Crippen LogP contribution in [0, 0.1) is 0 Å². The van der Waals surface area contributed by atoms with Crippen molar-refractivity contribution in [2.24, 2.45) is 0 Å². The summed E-state index contributed by atoms with van der Waals surface area (Å²) in [6.45, 7) is 3.74. The standard InChI is InChI=1S/C18H27N3O2/c1-13(21-11-10-14-6-2-4-8-16(14)21)12-19-18(23)20-15-7-3-5-9-17(15)22/h2,4,6,8,13,15,17,22H,3,5,7,9-12H2,1H3,(H2,19,20,23). The van der Waals surface area contributed by atoms with Crippen LogP contribution in [0.25, 0.3) is 0 Å². The number of rotatable bonds is 4. The molecule has 0 saturated heterocycles. The quantitative estimate of drug-likeness (QED) is 0.796. The van der Waals surface area contributed by atoms with E-state index < -0.39 is 6.10 Å². The van der Waals surface area contributed by atoms with Crippen LogP contribution >= 0.6 is 0 Å². The lowest BCUT2D eigenvalue weighted by Crippen LogP contribution is -2.51. The van der Waals surface area contributed by atoms with Gasteiger partial charge in [-0.1, -0.05) is 31.0 Å². The van der Waals surface area contributed by atoms with Gasteiger partial charge in [-0.3, -0.25) is 0 Å². The number of carbonyl (C=O) groups excluding carboxylic acids is 1. The van der Waals surface area contributed by atoms with Gasteiger partial charge in [0.1, 0.15) is 0 Å². The van der Waals surface area contributed by atoms with Crippen LogP contribution in [0.2, 0.25) is 0 Å². The second kappa shape index (κ2) is 7.21. The normalized spacial score (nSPS) is 24.9. The van der Waals surface area contributed by atoms with E-state index in [-0.39, 0.29) is 18.1 Å². The van der Waals surface area contributed by atoms with Crippen LogP contribution in [-0.2, 0) is 6.42 Å². The van der Waals surface area contributed by atoms with Crippen LogP contribution in [0.5, 0.6) is 0 Å². The number of fused-ring (bicyclic) bond motifs is 1. The number of nitrogens with one attached hydrogen (secondary N) is 2. The molecule has 1 aliphatic heterocycles. The summed E-state index contributed by atoms with van der Waals surface area (Å²) in [4.78, 5) is 14.4. The Morgan fingerprint density at radius 3 is 2.96 bits per heavy atom. The fourth-order valence-electron chi connectivity index (χ4n) is 3.67. The lowest BCUT2D eigenvalue weighted by molar-refractivity contribution is 0.0943. The van der Waals surface area contributed by atoms with E-state index in [1.165, 1.54) is 11.3 Å². The summed E-state index contributed by atoms with van der Waals surface area (Å²) in [5.41, 5.74) is 2.67. The monoisotopic (exact) mass is 317 g/mol. The van der Waals surface area contributed by atoms with Crippen LogP contribution in [0.1, 0.15) is 38.2 Å². The number of anilines is 1. The zero-order valence-electron chi connectivity index (χ0n) is 13.8. The molecule has 3 atom stereocenters. The van der Waals surface area contributed by atoms with Gasteiger partial charge in [0, 0.05) is 24.8 Å². The van der Waals surface area contributed by atoms with Crippen molar-refractivity contribution in [3.05, 3.63) is 29.8 Å². The Labute approximate surface area is 138 Å². The first-order valence-electron chi connectivity index (χ1n) is 8.72. The highest BCUT2D eigenvalue weighted by atomic mass is 16.3. The Morgan fingerprint density at radius 2 is 2.13 bits per heavy atom. The van der Waals surface area contributed by atoms with E-state index >= 15 is 0 Å². The summed E-state index contributed by atoms with van der Waals surface area (Å²) in [7, 11) is 0. The minimum Gasteiger partial charge on any atom is -0.391 e. The molecule has 0 spiro atoms. The highest BCUT2D eigenvalue weighted by Crippen LogP contribution is 2.28. The molecular weight excluding hydrogens is 290 g/mol. The minimum atomic E-state index is -0.405. The third-order valence-electron chi connectivity index (χ3n) is 5.06. The molecule has 1 aromatic carbocycles. The third-order valence-corrected chi connectivity index (χ3v) is 5.06. The number of amides is 2. The summed E-state index contributed by atoms with van der Waals surface area (Å²) in [6.07, 6.45) is 4.43. The summed E-state index contributed by atoms with van der Waals surface area (Å²) in [5.74, 6) is 0. The van der Waals surface area contributed by atoms with Crippen LogP contribution in [0.15, 0.2) is 24.3 Å². The third kappa shape index (κ3) is 3.78. The molecule has 3 rings (SSSR count). The van der Waals surface area contributed by atoms with E-state index in [0.29, 0.717) is 6.54 Å². The lowest BCUT2D eigenvalue weighted by Gasteiger charge is -2.30. The van der Waals surface area contributed by atoms with Crippen molar-refractivity contribution in [2.75, 3.05) is 18.0 Å². The smallest absolute Gasteiger partial charge is 0.315 e. The Morgan fingerprint density at radius 1 is 1.35 bits per heavy atom. The fourth-order valence-corrected chi connectivity index (χ4v) is 3.67. The van der Waals surface area contributed by atoms with Crippen molar-refractivity contribution >= 4 is 11.7 Å². The van der Waals surface area contributed by atoms with Crippen LogP contribution in [-0.4, -0.2) is 42.4 Å². The van der Waals surface area contributed by atoms with Crippen molar-refractivity contribution in [3.8, 4) is 0 Å². The van der Waals surface area contributed by atoms with Crippen molar-refractivity contribution in [2.45, 2.75) is 57.2 Å². The lowest BCUT2D eigenvalue weighted by atomic mass is 9.93. The van der Waals surface area contributed by atoms with Gasteiger partial charge in [-0.05, 0) is 37.8 Å². The molecule has 1 aliphatic carbocycles.